The highest BCUT2D eigenvalue weighted by atomic mass is 16.5. The predicted octanol–water partition coefficient (Wildman–Crippen LogP) is 5.55. The van der Waals surface area contributed by atoms with Crippen molar-refractivity contribution in [1.82, 2.24) is 0 Å². The molecule has 0 aliphatic rings. The average molecular weight is 375 g/mol. The molecule has 1 amide bonds. The quantitative estimate of drug-likeness (QED) is 0.589. The number of carbonyl (C=O) groups excluding carboxylic acids is 1. The van der Waals surface area contributed by atoms with E-state index in [0.717, 1.165) is 16.9 Å². The van der Waals surface area contributed by atoms with Crippen LogP contribution in [0.1, 0.15) is 20.8 Å². The summed E-state index contributed by atoms with van der Waals surface area (Å²) in [5, 5.41) is 2.87. The molecule has 4 heteroatoms. The number of amides is 1. The molecule has 0 bridgehead atoms. The first kappa shape index (κ1) is 19.5. The lowest BCUT2D eigenvalue weighted by Gasteiger charge is -2.16. The highest BCUT2D eigenvalue weighted by Crippen LogP contribution is 2.23. The van der Waals surface area contributed by atoms with Crippen LogP contribution >= 0.6 is 0 Å². The largest absolute Gasteiger partial charge is 0.491 e. The van der Waals surface area contributed by atoms with Crippen molar-refractivity contribution < 1.29 is 14.3 Å². The maximum absolute atomic E-state index is 12.5. The molecule has 0 saturated heterocycles. The van der Waals surface area contributed by atoms with Crippen molar-refractivity contribution in [2.75, 3.05) is 5.32 Å². The Bertz CT molecular complexity index is 905. The van der Waals surface area contributed by atoms with Crippen LogP contribution in [-0.4, -0.2) is 18.1 Å². The lowest BCUT2D eigenvalue weighted by atomic mass is 10.1. The van der Waals surface area contributed by atoms with Crippen molar-refractivity contribution in [3.05, 3.63) is 78.9 Å². The number of benzene rings is 3. The second-order valence-electron chi connectivity index (χ2n) is 6.83. The minimum absolute atomic E-state index is 0.0760. The molecule has 0 fully saturated rings. The molecule has 0 aliphatic carbocycles. The zero-order valence-electron chi connectivity index (χ0n) is 16.4. The maximum Gasteiger partial charge on any atom is 0.265 e. The summed E-state index contributed by atoms with van der Waals surface area (Å²) in [5.74, 6) is 1.16. The van der Waals surface area contributed by atoms with Gasteiger partial charge in [0.2, 0.25) is 0 Å². The summed E-state index contributed by atoms with van der Waals surface area (Å²) in [6, 6.07) is 25.2. The van der Waals surface area contributed by atoms with Crippen LogP contribution in [0.5, 0.6) is 11.5 Å². The van der Waals surface area contributed by atoms with Crippen LogP contribution in [0.4, 0.5) is 5.69 Å². The first-order chi connectivity index (χ1) is 13.5. The van der Waals surface area contributed by atoms with Gasteiger partial charge in [-0.1, -0.05) is 48.5 Å². The van der Waals surface area contributed by atoms with E-state index in [-0.39, 0.29) is 12.0 Å². The Balaban J connectivity index is 1.60. The second kappa shape index (κ2) is 9.09. The zero-order chi connectivity index (χ0) is 19.9. The Kier molecular flexibility index (Phi) is 6.33. The van der Waals surface area contributed by atoms with Crippen LogP contribution in [0, 0.1) is 0 Å². The number of hydrogen-bond acceptors (Lipinski definition) is 3. The normalized spacial score (nSPS) is 11.7. The van der Waals surface area contributed by atoms with Crippen LogP contribution in [0.25, 0.3) is 11.1 Å². The average Bonchev–Trinajstić information content (AvgIpc) is 2.69. The first-order valence-corrected chi connectivity index (χ1v) is 9.41. The molecule has 0 saturated carbocycles. The molecule has 4 nitrogen and oxygen atoms in total. The predicted molar refractivity (Wildman–Crippen MR) is 113 cm³/mol. The molecule has 144 valence electrons. The van der Waals surface area contributed by atoms with E-state index in [1.54, 1.807) is 13.0 Å². The molecule has 28 heavy (non-hydrogen) atoms. The first-order valence-electron chi connectivity index (χ1n) is 9.41. The fourth-order valence-corrected chi connectivity index (χ4v) is 2.78. The lowest BCUT2D eigenvalue weighted by Crippen LogP contribution is -2.30. The molecule has 1 N–H and O–H groups in total. The number of anilines is 1. The van der Waals surface area contributed by atoms with Crippen LogP contribution in [-0.2, 0) is 4.79 Å². The summed E-state index contributed by atoms with van der Waals surface area (Å²) >= 11 is 0. The molecule has 3 rings (SSSR count). The minimum Gasteiger partial charge on any atom is -0.491 e. The number of rotatable bonds is 7. The van der Waals surface area contributed by atoms with E-state index in [0.29, 0.717) is 11.4 Å². The summed E-state index contributed by atoms with van der Waals surface area (Å²) in [4.78, 5) is 12.5. The second-order valence-corrected chi connectivity index (χ2v) is 6.83. The van der Waals surface area contributed by atoms with Gasteiger partial charge in [0.1, 0.15) is 11.5 Å². The van der Waals surface area contributed by atoms with Gasteiger partial charge in [-0.25, -0.2) is 0 Å². The summed E-state index contributed by atoms with van der Waals surface area (Å²) in [5.41, 5.74) is 2.92. The van der Waals surface area contributed by atoms with Gasteiger partial charge in [-0.05, 0) is 56.2 Å². The number of carbonyl (C=O) groups is 1. The van der Waals surface area contributed by atoms with E-state index in [1.807, 2.05) is 74.5 Å². The van der Waals surface area contributed by atoms with E-state index < -0.39 is 6.10 Å². The molecule has 1 unspecified atom stereocenters. The molecule has 3 aromatic carbocycles. The molecule has 1 atom stereocenters. The summed E-state index contributed by atoms with van der Waals surface area (Å²) in [6.45, 7) is 5.66. The molecule has 0 aromatic heterocycles. The minimum atomic E-state index is -0.628. The molecule has 0 heterocycles. The van der Waals surface area contributed by atoms with Gasteiger partial charge in [0.05, 0.1) is 6.10 Å². The molecular formula is C24H25NO3. The standard InChI is InChI=1S/C24H25NO3/c1-17(2)27-23-11-7-10-21(16-23)25-24(26)18(3)28-22-14-12-20(13-15-22)19-8-5-4-6-9-19/h4-18H,1-3H3,(H,25,26). The fraction of sp³-hybridized carbons (Fsp3) is 0.208. The van der Waals surface area contributed by atoms with Crippen molar-refractivity contribution in [3.63, 3.8) is 0 Å². The maximum atomic E-state index is 12.5. The monoisotopic (exact) mass is 375 g/mol. The Labute approximate surface area is 166 Å². The smallest absolute Gasteiger partial charge is 0.265 e. The van der Waals surface area contributed by atoms with Gasteiger partial charge >= 0.3 is 0 Å². The van der Waals surface area contributed by atoms with Gasteiger partial charge in [-0.15, -0.1) is 0 Å². The summed E-state index contributed by atoms with van der Waals surface area (Å²) in [7, 11) is 0. The molecular weight excluding hydrogens is 350 g/mol. The number of ether oxygens (including phenoxy) is 2. The van der Waals surface area contributed by atoms with Crippen molar-refractivity contribution in [1.29, 1.82) is 0 Å². The third kappa shape index (κ3) is 5.36. The van der Waals surface area contributed by atoms with Crippen LogP contribution in [0.15, 0.2) is 78.9 Å². The lowest BCUT2D eigenvalue weighted by molar-refractivity contribution is -0.122. The van der Waals surface area contributed by atoms with Gasteiger partial charge in [-0.2, -0.15) is 0 Å². The van der Waals surface area contributed by atoms with E-state index in [1.165, 1.54) is 0 Å². The highest BCUT2D eigenvalue weighted by molar-refractivity contribution is 5.94. The molecule has 3 aromatic rings. The van der Waals surface area contributed by atoms with E-state index in [2.05, 4.69) is 17.4 Å². The SMILES string of the molecule is CC(C)Oc1cccc(NC(=O)C(C)Oc2ccc(-c3ccccc3)cc2)c1. The number of hydrogen-bond donors (Lipinski definition) is 1. The van der Waals surface area contributed by atoms with Gasteiger partial charge in [0, 0.05) is 11.8 Å². The van der Waals surface area contributed by atoms with Crippen LogP contribution in [0.3, 0.4) is 0 Å². The summed E-state index contributed by atoms with van der Waals surface area (Å²) in [6.07, 6.45) is -0.552. The van der Waals surface area contributed by atoms with Crippen molar-refractivity contribution in [2.24, 2.45) is 0 Å². The van der Waals surface area contributed by atoms with Gasteiger partial charge in [-0.3, -0.25) is 4.79 Å². The zero-order valence-corrected chi connectivity index (χ0v) is 16.4. The third-order valence-electron chi connectivity index (χ3n) is 4.12. The van der Waals surface area contributed by atoms with E-state index >= 15 is 0 Å². The van der Waals surface area contributed by atoms with Crippen LogP contribution < -0.4 is 14.8 Å². The highest BCUT2D eigenvalue weighted by Gasteiger charge is 2.15. The van der Waals surface area contributed by atoms with Crippen molar-refractivity contribution >= 4 is 11.6 Å². The molecule has 0 spiro atoms. The van der Waals surface area contributed by atoms with Gasteiger partial charge in [0.15, 0.2) is 6.10 Å². The van der Waals surface area contributed by atoms with Gasteiger partial charge in [0.25, 0.3) is 5.91 Å². The number of nitrogens with one attached hydrogen (secondary N) is 1. The van der Waals surface area contributed by atoms with Crippen molar-refractivity contribution in [3.8, 4) is 22.6 Å². The topological polar surface area (TPSA) is 47.6 Å². The molecule has 0 aliphatic heterocycles. The Morgan fingerprint density at radius 1 is 0.750 bits per heavy atom. The Morgan fingerprint density at radius 2 is 1.43 bits per heavy atom. The van der Waals surface area contributed by atoms with Crippen LogP contribution in [0.2, 0.25) is 0 Å². The Hall–Kier alpha value is -3.27. The summed E-state index contributed by atoms with van der Waals surface area (Å²) < 4.78 is 11.4. The van der Waals surface area contributed by atoms with Crippen molar-refractivity contribution in [2.45, 2.75) is 33.0 Å². The Morgan fingerprint density at radius 3 is 2.11 bits per heavy atom. The van der Waals surface area contributed by atoms with E-state index in [9.17, 15) is 4.79 Å². The fourth-order valence-electron chi connectivity index (χ4n) is 2.78. The van der Waals surface area contributed by atoms with Gasteiger partial charge < -0.3 is 14.8 Å². The van der Waals surface area contributed by atoms with E-state index in [4.69, 9.17) is 9.47 Å². The molecule has 0 radical (unpaired) electrons. The third-order valence-corrected chi connectivity index (χ3v) is 4.12.